The van der Waals surface area contributed by atoms with Gasteiger partial charge in [-0.05, 0) is 77.6 Å². The molecule has 0 amide bonds. The van der Waals surface area contributed by atoms with Gasteiger partial charge in [0.15, 0.2) is 6.19 Å². The van der Waals surface area contributed by atoms with E-state index < -0.39 is 0 Å². The van der Waals surface area contributed by atoms with E-state index in [1.54, 1.807) is 0 Å². The van der Waals surface area contributed by atoms with Gasteiger partial charge in [-0.15, -0.1) is 0 Å². The molecule has 4 heteroatoms. The Hall–Kier alpha value is -2.96. The zero-order valence-electron chi connectivity index (χ0n) is 17.1. The van der Waals surface area contributed by atoms with Crippen LogP contribution in [0, 0.1) is 29.2 Å². The summed E-state index contributed by atoms with van der Waals surface area (Å²) in [4.78, 5) is 0. The second-order valence-electron chi connectivity index (χ2n) is 9.44. The molecule has 3 aromatic carbocycles. The van der Waals surface area contributed by atoms with Crippen LogP contribution in [0.4, 0.5) is 5.69 Å². The van der Waals surface area contributed by atoms with Crippen LogP contribution in [0.25, 0.3) is 11.1 Å². The van der Waals surface area contributed by atoms with Crippen LogP contribution in [-0.4, -0.2) is 11.1 Å². The third-order valence-corrected chi connectivity index (χ3v) is 8.58. The van der Waals surface area contributed by atoms with Crippen LogP contribution in [0.3, 0.4) is 0 Å². The van der Waals surface area contributed by atoms with E-state index in [-0.39, 0.29) is 11.6 Å². The summed E-state index contributed by atoms with van der Waals surface area (Å²) in [6.07, 6.45) is 6.37. The van der Waals surface area contributed by atoms with Gasteiger partial charge in [0.1, 0.15) is 5.54 Å². The summed E-state index contributed by atoms with van der Waals surface area (Å²) >= 11 is 6.26. The van der Waals surface area contributed by atoms with E-state index in [0.29, 0.717) is 22.8 Å². The molecule has 2 saturated carbocycles. The normalized spacial score (nSPS) is 28.5. The first-order chi connectivity index (χ1) is 15.2. The third kappa shape index (κ3) is 2.00. The largest absolute Gasteiger partial charge is 0.261 e. The number of nitrogens with zero attached hydrogens (tertiary/aromatic N) is 3. The van der Waals surface area contributed by atoms with Gasteiger partial charge in [-0.3, -0.25) is 5.01 Å². The summed E-state index contributed by atoms with van der Waals surface area (Å²) in [6, 6.07) is 25.9. The number of anilines is 1. The zero-order chi connectivity index (χ0) is 20.7. The Balaban J connectivity index is 1.60. The molecule has 152 valence electrons. The van der Waals surface area contributed by atoms with Crippen LogP contribution in [0.2, 0.25) is 5.02 Å². The maximum Gasteiger partial charge on any atom is 0.200 e. The van der Waals surface area contributed by atoms with E-state index in [2.05, 4.69) is 71.9 Å². The maximum absolute atomic E-state index is 10.5. The highest BCUT2D eigenvalue weighted by atomic mass is 35.5. The highest BCUT2D eigenvalue weighted by Gasteiger charge is 2.70. The Morgan fingerprint density at radius 3 is 2.10 bits per heavy atom. The Bertz CT molecular complexity index is 1200. The summed E-state index contributed by atoms with van der Waals surface area (Å²) in [6.45, 7) is 0. The summed E-state index contributed by atoms with van der Waals surface area (Å²) in [5.41, 5.74) is 5.96. The van der Waals surface area contributed by atoms with E-state index in [1.165, 1.54) is 41.5 Å². The summed E-state index contributed by atoms with van der Waals surface area (Å²) in [5.74, 6) is 1.62. The smallest absolute Gasteiger partial charge is 0.200 e. The topological polar surface area (TPSA) is 30.3 Å². The summed E-state index contributed by atoms with van der Waals surface area (Å²) in [5, 5.41) is 15.5. The van der Waals surface area contributed by atoms with Crippen LogP contribution >= 0.6 is 11.6 Å². The number of benzene rings is 3. The van der Waals surface area contributed by atoms with E-state index in [0.717, 1.165) is 5.69 Å². The first-order valence-corrected chi connectivity index (χ1v) is 11.6. The first kappa shape index (κ1) is 17.7. The Morgan fingerprint density at radius 2 is 1.45 bits per heavy atom. The van der Waals surface area contributed by atoms with Gasteiger partial charge in [0.25, 0.3) is 0 Å². The van der Waals surface area contributed by atoms with Crippen LogP contribution < -0.4 is 5.01 Å². The minimum atomic E-state index is -0.360. The number of fused-ring (bicyclic) bond motifs is 11. The minimum Gasteiger partial charge on any atom is -0.261 e. The lowest BCUT2D eigenvalue weighted by Gasteiger charge is -2.44. The zero-order valence-corrected chi connectivity index (χ0v) is 17.8. The lowest BCUT2D eigenvalue weighted by Crippen LogP contribution is -2.50. The fourth-order valence-corrected chi connectivity index (χ4v) is 7.63. The number of hydrazine groups is 1. The van der Waals surface area contributed by atoms with Crippen molar-refractivity contribution in [2.24, 2.45) is 17.8 Å². The molecule has 3 fully saturated rings. The van der Waals surface area contributed by atoms with Crippen molar-refractivity contribution in [3.8, 4) is 17.3 Å². The molecule has 4 atom stereocenters. The van der Waals surface area contributed by atoms with E-state index in [4.69, 9.17) is 11.6 Å². The van der Waals surface area contributed by atoms with Crippen LogP contribution in [0.15, 0.2) is 72.8 Å². The predicted octanol–water partition coefficient (Wildman–Crippen LogP) is 6.20. The first-order valence-electron chi connectivity index (χ1n) is 11.2. The molecule has 0 aromatic heterocycles. The monoisotopic (exact) mass is 423 g/mol. The standard InChI is InChI=1S/C27H22ClN3/c28-19-11-13-20(14-12-19)31-27(25-17-9-10-18(15-17)26(25)30(31)16-29)23-7-3-1-5-21(23)22-6-2-4-8-24(22)27/h1-8,11-14,17-18,25-26H,9-10,15H2. The fraction of sp³-hybridized carbons (Fsp3) is 0.296. The molecule has 3 nitrogen and oxygen atoms in total. The summed E-state index contributed by atoms with van der Waals surface area (Å²) in [7, 11) is 0. The van der Waals surface area contributed by atoms with Gasteiger partial charge in [0, 0.05) is 10.9 Å². The quantitative estimate of drug-likeness (QED) is 0.436. The van der Waals surface area contributed by atoms with Gasteiger partial charge < -0.3 is 0 Å². The van der Waals surface area contributed by atoms with Gasteiger partial charge in [-0.25, -0.2) is 5.01 Å². The molecule has 4 unspecified atom stereocenters. The van der Waals surface area contributed by atoms with Crippen molar-refractivity contribution < 1.29 is 0 Å². The average molecular weight is 424 g/mol. The van der Waals surface area contributed by atoms with Crippen LogP contribution in [-0.2, 0) is 5.54 Å². The number of rotatable bonds is 1. The second kappa shape index (κ2) is 6.05. The number of halogens is 1. The number of hydrogen-bond donors (Lipinski definition) is 0. The molecule has 1 heterocycles. The van der Waals surface area contributed by atoms with Crippen LogP contribution in [0.1, 0.15) is 30.4 Å². The van der Waals surface area contributed by atoms with Crippen molar-refractivity contribution in [3.63, 3.8) is 0 Å². The Kier molecular flexibility index (Phi) is 3.45. The van der Waals surface area contributed by atoms with Crippen molar-refractivity contribution in [2.75, 3.05) is 5.01 Å². The van der Waals surface area contributed by atoms with Crippen LogP contribution in [0.5, 0.6) is 0 Å². The molecule has 1 aliphatic heterocycles. The van der Waals surface area contributed by atoms with E-state index in [9.17, 15) is 5.26 Å². The van der Waals surface area contributed by atoms with Crippen molar-refractivity contribution in [2.45, 2.75) is 30.8 Å². The van der Waals surface area contributed by atoms with Gasteiger partial charge in [0.05, 0.1) is 11.7 Å². The fourth-order valence-electron chi connectivity index (χ4n) is 7.50. The van der Waals surface area contributed by atoms with E-state index in [1.807, 2.05) is 17.1 Å². The lowest BCUT2D eigenvalue weighted by molar-refractivity contribution is 0.211. The maximum atomic E-state index is 10.5. The Labute approximate surface area is 187 Å². The van der Waals surface area contributed by atoms with Gasteiger partial charge >= 0.3 is 0 Å². The Morgan fingerprint density at radius 1 is 0.839 bits per heavy atom. The molecule has 7 rings (SSSR count). The molecular weight excluding hydrogens is 402 g/mol. The minimum absolute atomic E-state index is 0.249. The summed E-state index contributed by atoms with van der Waals surface area (Å²) < 4.78 is 0. The highest BCUT2D eigenvalue weighted by molar-refractivity contribution is 6.30. The van der Waals surface area contributed by atoms with Crippen molar-refractivity contribution >= 4 is 17.3 Å². The molecular formula is C27H22ClN3. The average Bonchev–Trinajstić information content (AvgIpc) is 3.55. The van der Waals surface area contributed by atoms with Gasteiger partial charge in [0.2, 0.25) is 0 Å². The van der Waals surface area contributed by atoms with Crippen molar-refractivity contribution in [3.05, 3.63) is 88.9 Å². The third-order valence-electron chi connectivity index (χ3n) is 8.33. The molecule has 3 aromatic rings. The number of hydrogen-bond acceptors (Lipinski definition) is 3. The highest BCUT2D eigenvalue weighted by Crippen LogP contribution is 2.68. The predicted molar refractivity (Wildman–Crippen MR) is 122 cm³/mol. The molecule has 2 bridgehead atoms. The van der Waals surface area contributed by atoms with Gasteiger partial charge in [-0.1, -0.05) is 60.1 Å². The molecule has 3 aliphatic carbocycles. The number of nitriles is 1. The van der Waals surface area contributed by atoms with Crippen molar-refractivity contribution in [1.29, 1.82) is 5.26 Å². The van der Waals surface area contributed by atoms with E-state index >= 15 is 0 Å². The molecule has 4 aliphatic rings. The van der Waals surface area contributed by atoms with Gasteiger partial charge in [-0.2, -0.15) is 5.26 Å². The SMILES string of the molecule is N#CN1C2C3CCC(C3)C2C2(c3ccccc3-c3ccccc32)N1c1ccc(Cl)cc1. The molecule has 0 radical (unpaired) electrons. The molecule has 31 heavy (non-hydrogen) atoms. The molecule has 1 saturated heterocycles. The van der Waals surface area contributed by atoms with Crippen molar-refractivity contribution in [1.82, 2.24) is 5.01 Å². The lowest BCUT2D eigenvalue weighted by atomic mass is 9.68. The molecule has 1 spiro atoms. The second-order valence-corrected chi connectivity index (χ2v) is 9.88. The molecule has 0 N–H and O–H groups in total.